The van der Waals surface area contributed by atoms with Crippen LogP contribution in [0.3, 0.4) is 0 Å². The van der Waals surface area contributed by atoms with Crippen LogP contribution in [0, 0.1) is 0 Å². The molecular weight excluding hydrogens is 827 g/mol. The molecule has 1 aromatic heterocycles. The molecule has 0 spiro atoms. The Balaban J connectivity index is 1.14. The average Bonchev–Trinajstić information content (AvgIpc) is 3.86. The van der Waals surface area contributed by atoms with Crippen LogP contribution >= 0.6 is 11.3 Å². The lowest BCUT2D eigenvalue weighted by Crippen LogP contribution is -2.16. The van der Waals surface area contributed by atoms with Gasteiger partial charge in [-0.2, -0.15) is 0 Å². The van der Waals surface area contributed by atoms with Crippen molar-refractivity contribution in [2.45, 2.75) is 57.8 Å². The van der Waals surface area contributed by atoms with Crippen molar-refractivity contribution in [3.05, 3.63) is 239 Å². The number of benzene rings is 9. The first kappa shape index (κ1) is 41.2. The minimum atomic E-state index is -0.110. The molecule has 1 heterocycles. The highest BCUT2D eigenvalue weighted by Crippen LogP contribution is 2.55. The second-order valence-corrected chi connectivity index (χ2v) is 21.1. The van der Waals surface area contributed by atoms with E-state index in [2.05, 4.69) is 252 Å². The molecule has 0 saturated carbocycles. The number of fused-ring (bicyclic) bond motifs is 7. The Morgan fingerprint density at radius 1 is 0.522 bits per heavy atom. The van der Waals surface area contributed by atoms with Crippen molar-refractivity contribution < 1.29 is 0 Å². The second kappa shape index (κ2) is 16.0. The molecule has 1 nitrogen and oxygen atoms in total. The van der Waals surface area contributed by atoms with Crippen LogP contribution in [0.2, 0.25) is 0 Å². The summed E-state index contributed by atoms with van der Waals surface area (Å²) >= 11 is 1.92. The molecule has 2 heteroatoms. The highest BCUT2D eigenvalue weighted by molar-refractivity contribution is 7.20. The number of allylic oxidation sites excluding steroid dienone is 1. The molecular formula is C65H53NS. The van der Waals surface area contributed by atoms with Gasteiger partial charge in [0.05, 0.1) is 11.4 Å². The molecule has 12 rings (SSSR count). The topological polar surface area (TPSA) is 3.24 Å². The van der Waals surface area contributed by atoms with Gasteiger partial charge in [-0.1, -0.05) is 204 Å². The summed E-state index contributed by atoms with van der Waals surface area (Å²) in [7, 11) is 0. The van der Waals surface area contributed by atoms with E-state index in [0.29, 0.717) is 0 Å². The summed E-state index contributed by atoms with van der Waals surface area (Å²) in [6.45, 7) is 11.6. The zero-order chi connectivity index (χ0) is 45.4. The third kappa shape index (κ3) is 6.88. The summed E-state index contributed by atoms with van der Waals surface area (Å²) in [5, 5.41) is 3.83. The molecule has 324 valence electrons. The smallest absolute Gasteiger partial charge is 0.0546 e. The quantitative estimate of drug-likeness (QED) is 0.154. The van der Waals surface area contributed by atoms with Crippen LogP contribution in [0.15, 0.2) is 206 Å². The molecule has 0 amide bonds. The van der Waals surface area contributed by atoms with Gasteiger partial charge in [0.25, 0.3) is 0 Å². The van der Waals surface area contributed by atoms with Crippen LogP contribution in [0.1, 0.15) is 79.7 Å². The van der Waals surface area contributed by atoms with E-state index in [1.54, 1.807) is 0 Å². The largest absolute Gasteiger partial charge is 0.309 e. The van der Waals surface area contributed by atoms with E-state index in [4.69, 9.17) is 0 Å². The molecule has 0 fully saturated rings. The Morgan fingerprint density at radius 3 is 2.01 bits per heavy atom. The highest BCUT2D eigenvalue weighted by Gasteiger charge is 2.36. The fraction of sp³-hybridized carbons (Fsp3) is 0.138. The van der Waals surface area contributed by atoms with Crippen LogP contribution < -0.4 is 4.90 Å². The van der Waals surface area contributed by atoms with Crippen molar-refractivity contribution >= 4 is 55.3 Å². The monoisotopic (exact) mass is 879 g/mol. The van der Waals surface area contributed by atoms with Crippen LogP contribution in [0.5, 0.6) is 0 Å². The van der Waals surface area contributed by atoms with E-state index in [9.17, 15) is 0 Å². The van der Waals surface area contributed by atoms with Crippen molar-refractivity contribution in [2.75, 3.05) is 4.90 Å². The van der Waals surface area contributed by atoms with Crippen molar-refractivity contribution in [1.29, 1.82) is 0 Å². The van der Waals surface area contributed by atoms with Crippen LogP contribution in [-0.4, -0.2) is 0 Å². The SMILES string of the molecule is CC(C)(C)c1ccc(-c2ccc(N(c3ccc4c(c3)-c3ccccc3C4(C)C)c3ccc4ccccc4c3-c3ccccc3C3CC=Cc4sc5ccccc5c43)c(-c3ccccc3)c2)cc1. The van der Waals surface area contributed by atoms with Gasteiger partial charge in [0.2, 0.25) is 0 Å². The summed E-state index contributed by atoms with van der Waals surface area (Å²) in [6, 6.07) is 75.5. The number of hydrogen-bond donors (Lipinski definition) is 0. The van der Waals surface area contributed by atoms with Gasteiger partial charge < -0.3 is 4.90 Å². The van der Waals surface area contributed by atoms with Gasteiger partial charge in [0.1, 0.15) is 0 Å². The Labute approximate surface area is 399 Å². The molecule has 10 aromatic rings. The van der Waals surface area contributed by atoms with Gasteiger partial charge in [-0.25, -0.2) is 0 Å². The van der Waals surface area contributed by atoms with E-state index in [1.807, 2.05) is 11.3 Å². The molecule has 9 aromatic carbocycles. The third-order valence-corrected chi connectivity index (χ3v) is 15.8. The molecule has 2 aliphatic carbocycles. The second-order valence-electron chi connectivity index (χ2n) is 20.0. The minimum Gasteiger partial charge on any atom is -0.309 e. The minimum absolute atomic E-state index is 0.0767. The Morgan fingerprint density at radius 2 is 1.19 bits per heavy atom. The van der Waals surface area contributed by atoms with Crippen molar-refractivity contribution in [1.82, 2.24) is 0 Å². The predicted molar refractivity (Wildman–Crippen MR) is 289 cm³/mol. The van der Waals surface area contributed by atoms with Crippen molar-refractivity contribution in [3.63, 3.8) is 0 Å². The normalized spacial score (nSPS) is 14.8. The summed E-state index contributed by atoms with van der Waals surface area (Å²) in [4.78, 5) is 3.95. The molecule has 1 atom stereocenters. The van der Waals surface area contributed by atoms with Gasteiger partial charge in [-0.15, -0.1) is 11.3 Å². The lowest BCUT2D eigenvalue weighted by Gasteiger charge is -2.32. The van der Waals surface area contributed by atoms with Crippen LogP contribution in [0.25, 0.3) is 71.4 Å². The molecule has 0 saturated heterocycles. The molecule has 0 aliphatic heterocycles. The van der Waals surface area contributed by atoms with Gasteiger partial charge in [0, 0.05) is 37.7 Å². The lowest BCUT2D eigenvalue weighted by molar-refractivity contribution is 0.590. The third-order valence-electron chi connectivity index (χ3n) is 14.6. The Kier molecular flexibility index (Phi) is 9.82. The van der Waals surface area contributed by atoms with E-state index in [-0.39, 0.29) is 16.7 Å². The summed E-state index contributed by atoms with van der Waals surface area (Å²) in [6.07, 6.45) is 5.69. The van der Waals surface area contributed by atoms with Crippen LogP contribution in [0.4, 0.5) is 17.1 Å². The maximum Gasteiger partial charge on any atom is 0.0546 e. The zero-order valence-corrected chi connectivity index (χ0v) is 39.7. The molecule has 0 radical (unpaired) electrons. The summed E-state index contributed by atoms with van der Waals surface area (Å²) < 4.78 is 1.35. The van der Waals surface area contributed by atoms with Crippen molar-refractivity contribution in [3.8, 4) is 44.5 Å². The van der Waals surface area contributed by atoms with Gasteiger partial charge in [0.15, 0.2) is 0 Å². The van der Waals surface area contributed by atoms with Crippen LogP contribution in [-0.2, 0) is 10.8 Å². The fourth-order valence-corrected chi connectivity index (χ4v) is 12.4. The first-order chi connectivity index (χ1) is 32.6. The molecule has 2 aliphatic rings. The maximum atomic E-state index is 2.58. The van der Waals surface area contributed by atoms with Gasteiger partial charge in [-0.05, 0) is 132 Å². The number of thiophene rings is 1. The number of hydrogen-bond acceptors (Lipinski definition) is 2. The summed E-state index contributed by atoms with van der Waals surface area (Å²) in [5.74, 6) is 0.204. The van der Waals surface area contributed by atoms with Gasteiger partial charge >= 0.3 is 0 Å². The van der Waals surface area contributed by atoms with E-state index >= 15 is 0 Å². The zero-order valence-electron chi connectivity index (χ0n) is 38.8. The molecule has 0 N–H and O–H groups in total. The first-order valence-corrected chi connectivity index (χ1v) is 24.6. The van der Waals surface area contributed by atoms with E-state index < -0.39 is 0 Å². The highest BCUT2D eigenvalue weighted by atomic mass is 32.1. The van der Waals surface area contributed by atoms with Crippen molar-refractivity contribution in [2.24, 2.45) is 0 Å². The number of rotatable bonds is 7. The fourth-order valence-electron chi connectivity index (χ4n) is 11.2. The lowest BCUT2D eigenvalue weighted by atomic mass is 9.79. The van der Waals surface area contributed by atoms with Gasteiger partial charge in [-0.3, -0.25) is 0 Å². The Hall–Kier alpha value is -7.26. The predicted octanol–water partition coefficient (Wildman–Crippen LogP) is 18.7. The average molecular weight is 880 g/mol. The standard InChI is InChI=1S/C65H53NS/c1-64(2,3)46-34-30-42(31-35-46)45-33-38-58(54(40-45)43-18-7-6-8-19-43)66(47-36-37-57-55(41-47)50-23-13-15-27-56(50)65(57,4)5)59-39-32-44-20-9-10-21-48(44)62(59)51-24-12-11-22-49(51)52-26-17-29-61-63(52)53-25-14-16-28-60(53)67-61/h6-25,27-41,52H,26H2,1-5H3. The summed E-state index contributed by atoms with van der Waals surface area (Å²) in [5.41, 5.74) is 20.2. The molecule has 0 bridgehead atoms. The maximum absolute atomic E-state index is 2.58. The molecule has 1 unspecified atom stereocenters. The van der Waals surface area contributed by atoms with E-state index in [1.165, 1.54) is 98.1 Å². The number of nitrogens with zero attached hydrogens (tertiary/aromatic N) is 1. The molecule has 67 heavy (non-hydrogen) atoms. The Bertz CT molecular complexity index is 3560. The number of anilines is 3. The van der Waals surface area contributed by atoms with E-state index in [0.717, 1.165) is 23.5 Å². The first-order valence-electron chi connectivity index (χ1n) is 23.8.